The number of aliphatic imine (C=N–C) groups is 1. The Morgan fingerprint density at radius 1 is 1.42 bits per heavy atom. The van der Waals surface area contributed by atoms with Gasteiger partial charge in [0.1, 0.15) is 11.7 Å². The molecule has 2 rings (SSSR count). The maximum absolute atomic E-state index is 11.6. The number of anilines is 1. The van der Waals surface area contributed by atoms with Gasteiger partial charge >= 0.3 is 5.97 Å². The van der Waals surface area contributed by atoms with Crippen LogP contribution < -0.4 is 5.32 Å². The largest absolute Gasteiger partial charge is 0.463 e. The molecule has 0 radical (unpaired) electrons. The molecule has 0 aromatic heterocycles. The summed E-state index contributed by atoms with van der Waals surface area (Å²) in [7, 11) is 1.87. The highest BCUT2D eigenvalue weighted by atomic mass is 35.5. The first-order valence-corrected chi connectivity index (χ1v) is 7.90. The predicted octanol–water partition coefficient (Wildman–Crippen LogP) is 3.96. The van der Waals surface area contributed by atoms with Crippen molar-refractivity contribution in [3.8, 4) is 0 Å². The van der Waals surface area contributed by atoms with Crippen LogP contribution in [0.5, 0.6) is 0 Å². The summed E-state index contributed by atoms with van der Waals surface area (Å²) in [5, 5.41) is 3.89. The molecule has 1 heterocycles. The number of amidine groups is 1. The number of hydrogen-bond acceptors (Lipinski definition) is 5. The number of carbonyl (C=O) groups excluding carboxylic acids is 1. The van der Waals surface area contributed by atoms with Crippen molar-refractivity contribution in [3.63, 3.8) is 0 Å². The van der Waals surface area contributed by atoms with E-state index in [9.17, 15) is 4.79 Å². The van der Waals surface area contributed by atoms with Crippen LogP contribution >= 0.6 is 11.6 Å². The fraction of sp³-hybridized carbons (Fsp3) is 0.222. The number of nitrogens with zero attached hydrogens (tertiary/aromatic N) is 2. The summed E-state index contributed by atoms with van der Waals surface area (Å²) in [6, 6.07) is 7.29. The minimum absolute atomic E-state index is 0.330. The smallest absolute Gasteiger partial charge is 0.330 e. The van der Waals surface area contributed by atoms with Crippen LogP contribution in [0.4, 0.5) is 5.69 Å². The summed E-state index contributed by atoms with van der Waals surface area (Å²) in [6.45, 7) is 8.06. The third kappa shape index (κ3) is 4.26. The van der Waals surface area contributed by atoms with E-state index in [0.29, 0.717) is 23.0 Å². The third-order valence-electron chi connectivity index (χ3n) is 3.51. The summed E-state index contributed by atoms with van der Waals surface area (Å²) in [5.41, 5.74) is 2.29. The van der Waals surface area contributed by atoms with Gasteiger partial charge in [0.2, 0.25) is 0 Å². The minimum Gasteiger partial charge on any atom is -0.463 e. The van der Waals surface area contributed by atoms with E-state index in [1.165, 1.54) is 6.08 Å². The number of allylic oxidation sites excluding steroid dienone is 1. The fourth-order valence-electron chi connectivity index (χ4n) is 2.09. The summed E-state index contributed by atoms with van der Waals surface area (Å²) >= 11 is 5.91. The number of halogens is 1. The van der Waals surface area contributed by atoms with Crippen LogP contribution in [-0.2, 0) is 9.53 Å². The van der Waals surface area contributed by atoms with Gasteiger partial charge in [-0.15, -0.1) is 0 Å². The molecule has 1 aromatic carbocycles. The van der Waals surface area contributed by atoms with E-state index >= 15 is 0 Å². The molecule has 0 aliphatic carbocycles. The Morgan fingerprint density at radius 3 is 2.71 bits per heavy atom. The van der Waals surface area contributed by atoms with Crippen LogP contribution in [0.1, 0.15) is 13.8 Å². The van der Waals surface area contributed by atoms with E-state index in [1.807, 2.05) is 31.0 Å². The van der Waals surface area contributed by atoms with Gasteiger partial charge in [0.15, 0.2) is 0 Å². The molecule has 126 valence electrons. The lowest BCUT2D eigenvalue weighted by atomic mass is 10.1. The summed E-state index contributed by atoms with van der Waals surface area (Å²) < 4.78 is 4.92. The monoisotopic (exact) mass is 345 g/mol. The summed E-state index contributed by atoms with van der Waals surface area (Å²) in [5.74, 6) is 1.00. The molecule has 24 heavy (non-hydrogen) atoms. The second-order valence-corrected chi connectivity index (χ2v) is 5.58. The zero-order valence-corrected chi connectivity index (χ0v) is 14.7. The van der Waals surface area contributed by atoms with Crippen molar-refractivity contribution in [2.75, 3.05) is 19.0 Å². The molecule has 0 spiro atoms. The van der Waals surface area contributed by atoms with Crippen LogP contribution in [0.3, 0.4) is 0 Å². The van der Waals surface area contributed by atoms with Crippen molar-refractivity contribution >= 4 is 29.1 Å². The van der Waals surface area contributed by atoms with Crippen molar-refractivity contribution in [1.82, 2.24) is 4.90 Å². The molecule has 0 bridgehead atoms. The van der Waals surface area contributed by atoms with Crippen LogP contribution in [0, 0.1) is 0 Å². The van der Waals surface area contributed by atoms with Crippen LogP contribution in [0.15, 0.2) is 65.1 Å². The summed E-state index contributed by atoms with van der Waals surface area (Å²) in [6.07, 6.45) is 3.03. The number of esters is 1. The maximum atomic E-state index is 11.6. The average molecular weight is 346 g/mol. The van der Waals surface area contributed by atoms with Crippen molar-refractivity contribution in [1.29, 1.82) is 0 Å². The minimum atomic E-state index is -0.405. The quantitative estimate of drug-likeness (QED) is 0.648. The Hall–Kier alpha value is -2.53. The van der Waals surface area contributed by atoms with Gasteiger partial charge < -0.3 is 15.0 Å². The number of hydrogen-bond donors (Lipinski definition) is 1. The number of carbonyl (C=O) groups is 1. The van der Waals surface area contributed by atoms with Crippen molar-refractivity contribution in [3.05, 3.63) is 65.1 Å². The molecular formula is C18H20ClN3O2. The number of ether oxygens (including phenoxy) is 1. The highest BCUT2D eigenvalue weighted by molar-refractivity contribution is 6.30. The Kier molecular flexibility index (Phi) is 5.82. The molecule has 1 aliphatic heterocycles. The van der Waals surface area contributed by atoms with Gasteiger partial charge in [-0.05, 0) is 44.2 Å². The Bertz CT molecular complexity index is 733. The van der Waals surface area contributed by atoms with Crippen molar-refractivity contribution in [2.24, 2.45) is 4.99 Å². The van der Waals surface area contributed by atoms with Crippen LogP contribution in [0.25, 0.3) is 0 Å². The van der Waals surface area contributed by atoms with Gasteiger partial charge in [-0.25, -0.2) is 9.79 Å². The Balaban J connectivity index is 2.36. The molecule has 0 amide bonds. The van der Waals surface area contributed by atoms with E-state index < -0.39 is 5.97 Å². The predicted molar refractivity (Wildman–Crippen MR) is 97.9 cm³/mol. The zero-order valence-electron chi connectivity index (χ0n) is 14.0. The maximum Gasteiger partial charge on any atom is 0.330 e. The molecular weight excluding hydrogens is 326 g/mol. The molecule has 0 fully saturated rings. The number of likely N-dealkylation sites (N-methyl/N-ethyl adjacent to an activating group) is 1. The number of benzene rings is 1. The van der Waals surface area contributed by atoms with Crippen molar-refractivity contribution < 1.29 is 9.53 Å². The number of nitrogens with one attached hydrogen (secondary N) is 1. The van der Waals surface area contributed by atoms with E-state index in [0.717, 1.165) is 17.2 Å². The van der Waals surface area contributed by atoms with E-state index in [2.05, 4.69) is 16.9 Å². The molecule has 1 N–H and O–H groups in total. The second-order valence-electron chi connectivity index (χ2n) is 5.14. The van der Waals surface area contributed by atoms with Gasteiger partial charge in [0, 0.05) is 35.1 Å². The van der Waals surface area contributed by atoms with Gasteiger partial charge in [0.25, 0.3) is 0 Å². The lowest BCUT2D eigenvalue weighted by molar-refractivity contribution is -0.137. The highest BCUT2D eigenvalue weighted by Crippen LogP contribution is 2.26. The highest BCUT2D eigenvalue weighted by Gasteiger charge is 2.19. The standard InChI is InChI=1S/C18H20ClN3O2/c1-5-24-17(23)11-10-16-12(2)22(4)13(3)20-18(16)21-15-8-6-14(19)7-9-15/h6-11,21H,2,5H2,1,3-4H3/b11-10+. The molecule has 0 saturated carbocycles. The van der Waals surface area contributed by atoms with Gasteiger partial charge in [0.05, 0.1) is 6.61 Å². The molecule has 0 unspecified atom stereocenters. The first kappa shape index (κ1) is 17.8. The second kappa shape index (κ2) is 7.84. The number of rotatable bonds is 5. The lowest BCUT2D eigenvalue weighted by Crippen LogP contribution is -2.29. The van der Waals surface area contributed by atoms with E-state index in [1.54, 1.807) is 25.1 Å². The van der Waals surface area contributed by atoms with Gasteiger partial charge in [-0.1, -0.05) is 18.2 Å². The van der Waals surface area contributed by atoms with Gasteiger partial charge in [-0.2, -0.15) is 0 Å². The first-order valence-electron chi connectivity index (χ1n) is 7.52. The molecule has 0 atom stereocenters. The Labute approximate surface area is 147 Å². The van der Waals surface area contributed by atoms with Crippen molar-refractivity contribution in [2.45, 2.75) is 13.8 Å². The van der Waals surface area contributed by atoms with Gasteiger partial charge in [-0.3, -0.25) is 0 Å². The van der Waals surface area contributed by atoms with Crippen LogP contribution in [-0.4, -0.2) is 30.4 Å². The molecule has 5 nitrogen and oxygen atoms in total. The topological polar surface area (TPSA) is 53.9 Å². The first-order chi connectivity index (χ1) is 11.4. The van der Waals surface area contributed by atoms with E-state index in [-0.39, 0.29) is 0 Å². The lowest BCUT2D eigenvalue weighted by Gasteiger charge is -2.28. The van der Waals surface area contributed by atoms with Crippen LogP contribution in [0.2, 0.25) is 5.02 Å². The molecule has 1 aliphatic rings. The third-order valence-corrected chi connectivity index (χ3v) is 3.76. The average Bonchev–Trinajstić information content (AvgIpc) is 2.55. The summed E-state index contributed by atoms with van der Waals surface area (Å²) in [4.78, 5) is 18.0. The zero-order chi connectivity index (χ0) is 17.7. The Morgan fingerprint density at radius 2 is 2.08 bits per heavy atom. The fourth-order valence-corrected chi connectivity index (χ4v) is 2.22. The molecule has 6 heteroatoms. The molecule has 0 saturated heterocycles. The van der Waals surface area contributed by atoms with E-state index in [4.69, 9.17) is 16.3 Å². The normalized spacial score (nSPS) is 14.9. The molecule has 1 aromatic rings. The SMILES string of the molecule is C=C1C(/C=C/C(=O)OCC)=C(Nc2ccc(Cl)cc2)N=C(C)N1C.